The van der Waals surface area contributed by atoms with Gasteiger partial charge in [0.25, 0.3) is 10.0 Å². The van der Waals surface area contributed by atoms with Crippen molar-refractivity contribution < 1.29 is 27.8 Å². The fourth-order valence-corrected chi connectivity index (χ4v) is 4.63. The number of hydrogen-bond donors (Lipinski definition) is 2. The van der Waals surface area contributed by atoms with E-state index >= 15 is 0 Å². The zero-order valence-corrected chi connectivity index (χ0v) is 19.0. The Kier molecular flexibility index (Phi) is 7.05. The summed E-state index contributed by atoms with van der Waals surface area (Å²) in [6.45, 7) is 0. The number of ether oxygens (including phenoxy) is 2. The number of aromatic nitrogens is 3. The van der Waals surface area contributed by atoms with Crippen LogP contribution in [-0.2, 0) is 14.8 Å². The summed E-state index contributed by atoms with van der Waals surface area (Å²) >= 11 is 1.40. The summed E-state index contributed by atoms with van der Waals surface area (Å²) in [7, 11) is -1.45. The summed E-state index contributed by atoms with van der Waals surface area (Å²) in [6.07, 6.45) is 5.56. The molecule has 12 heteroatoms. The maximum absolute atomic E-state index is 13.2. The number of thioether (sulfide) groups is 1. The van der Waals surface area contributed by atoms with Crippen molar-refractivity contribution in [3.05, 3.63) is 54.4 Å². The highest BCUT2D eigenvalue weighted by Gasteiger charge is 2.24. The SMILES string of the molecule is COc1cc(/C=C/C(=O)O)cc(S(=O)(=O)Nc2cccc(-n3cnnc3SC)c2)c1OC. The largest absolute Gasteiger partial charge is 0.493 e. The maximum Gasteiger partial charge on any atom is 0.328 e. The van der Waals surface area contributed by atoms with Crippen LogP contribution in [0.15, 0.2) is 58.9 Å². The number of carbonyl (C=O) groups is 1. The fourth-order valence-electron chi connectivity index (χ4n) is 2.88. The molecule has 0 saturated carbocycles. The van der Waals surface area contributed by atoms with Crippen LogP contribution in [-0.4, -0.2) is 54.7 Å². The lowest BCUT2D eigenvalue weighted by atomic mass is 10.2. The van der Waals surface area contributed by atoms with Crippen LogP contribution in [0, 0.1) is 0 Å². The van der Waals surface area contributed by atoms with Gasteiger partial charge in [-0.1, -0.05) is 17.8 Å². The van der Waals surface area contributed by atoms with Crippen LogP contribution >= 0.6 is 11.8 Å². The molecular formula is C20H20N4O6S2. The molecule has 3 rings (SSSR count). The van der Waals surface area contributed by atoms with Crippen molar-refractivity contribution in [3.63, 3.8) is 0 Å². The van der Waals surface area contributed by atoms with Gasteiger partial charge >= 0.3 is 5.97 Å². The van der Waals surface area contributed by atoms with E-state index in [-0.39, 0.29) is 16.4 Å². The molecule has 2 N–H and O–H groups in total. The van der Waals surface area contributed by atoms with Gasteiger partial charge in [-0.2, -0.15) is 0 Å². The van der Waals surface area contributed by atoms with Gasteiger partial charge in [0.15, 0.2) is 16.7 Å². The Bertz CT molecular complexity index is 1270. The van der Waals surface area contributed by atoms with Crippen LogP contribution in [0.1, 0.15) is 5.56 Å². The van der Waals surface area contributed by atoms with Gasteiger partial charge < -0.3 is 14.6 Å². The van der Waals surface area contributed by atoms with E-state index in [0.29, 0.717) is 22.1 Å². The number of nitrogens with zero attached hydrogens (tertiary/aromatic N) is 3. The second-order valence-electron chi connectivity index (χ2n) is 6.27. The minimum absolute atomic E-state index is 0.00731. The van der Waals surface area contributed by atoms with E-state index in [0.717, 1.165) is 6.08 Å². The van der Waals surface area contributed by atoms with E-state index in [4.69, 9.17) is 14.6 Å². The molecule has 0 amide bonds. The number of nitrogens with one attached hydrogen (secondary N) is 1. The van der Waals surface area contributed by atoms with Crippen LogP contribution in [0.3, 0.4) is 0 Å². The number of benzene rings is 2. The molecule has 1 aromatic heterocycles. The highest BCUT2D eigenvalue weighted by molar-refractivity contribution is 7.98. The van der Waals surface area contributed by atoms with Crippen LogP contribution in [0.25, 0.3) is 11.8 Å². The van der Waals surface area contributed by atoms with E-state index in [9.17, 15) is 13.2 Å². The summed E-state index contributed by atoms with van der Waals surface area (Å²) in [5.74, 6) is -1.03. The van der Waals surface area contributed by atoms with Crippen molar-refractivity contribution in [3.8, 4) is 17.2 Å². The first-order valence-electron chi connectivity index (χ1n) is 9.03. The second-order valence-corrected chi connectivity index (χ2v) is 8.69. The summed E-state index contributed by atoms with van der Waals surface area (Å²) in [5, 5.41) is 17.4. The molecule has 2 aromatic carbocycles. The lowest BCUT2D eigenvalue weighted by Gasteiger charge is -2.16. The van der Waals surface area contributed by atoms with Crippen LogP contribution in [0.5, 0.6) is 11.5 Å². The smallest absolute Gasteiger partial charge is 0.328 e. The fraction of sp³-hybridized carbons (Fsp3) is 0.150. The van der Waals surface area contributed by atoms with E-state index < -0.39 is 16.0 Å². The Hall–Kier alpha value is -3.51. The monoisotopic (exact) mass is 476 g/mol. The van der Waals surface area contributed by atoms with Crippen molar-refractivity contribution >= 4 is 39.5 Å². The minimum Gasteiger partial charge on any atom is -0.493 e. The molecule has 0 atom stereocenters. The van der Waals surface area contributed by atoms with Crippen LogP contribution in [0.2, 0.25) is 0 Å². The minimum atomic E-state index is -4.13. The standard InChI is InChI=1S/C20H20N4O6S2/c1-29-16-9-13(7-8-18(25)26)10-17(19(16)30-2)32(27,28)23-14-5-4-6-15(11-14)24-12-21-22-20(24)31-3/h4-12,23H,1-3H3,(H,25,26)/b8-7+. The number of aliphatic carboxylic acids is 1. The van der Waals surface area contributed by atoms with E-state index in [2.05, 4.69) is 14.9 Å². The molecule has 0 aliphatic rings. The molecule has 32 heavy (non-hydrogen) atoms. The van der Waals surface area contributed by atoms with E-state index in [1.54, 1.807) is 28.8 Å². The molecule has 10 nitrogen and oxygen atoms in total. The van der Waals surface area contributed by atoms with E-state index in [1.807, 2.05) is 6.26 Å². The summed E-state index contributed by atoms with van der Waals surface area (Å²) in [6, 6.07) is 9.51. The molecular weight excluding hydrogens is 456 g/mol. The number of rotatable bonds is 9. The Morgan fingerprint density at radius 1 is 1.22 bits per heavy atom. The topological polar surface area (TPSA) is 133 Å². The second kappa shape index (κ2) is 9.75. The van der Waals surface area contributed by atoms with Crippen LogP contribution in [0.4, 0.5) is 5.69 Å². The number of anilines is 1. The molecule has 3 aromatic rings. The predicted octanol–water partition coefficient (Wildman–Crippen LogP) is 2.91. The Balaban J connectivity index is 2.04. The third-order valence-electron chi connectivity index (χ3n) is 4.25. The van der Waals surface area contributed by atoms with Crippen LogP contribution < -0.4 is 14.2 Å². The van der Waals surface area contributed by atoms with Gasteiger partial charge in [-0.3, -0.25) is 9.29 Å². The van der Waals surface area contributed by atoms with Gasteiger partial charge in [-0.15, -0.1) is 10.2 Å². The average molecular weight is 477 g/mol. The average Bonchev–Trinajstić information content (AvgIpc) is 3.25. The number of methoxy groups -OCH3 is 2. The maximum atomic E-state index is 13.2. The summed E-state index contributed by atoms with van der Waals surface area (Å²) in [4.78, 5) is 10.7. The van der Waals surface area contributed by atoms with Gasteiger partial charge in [0.1, 0.15) is 11.2 Å². The van der Waals surface area contributed by atoms with Crippen molar-refractivity contribution in [2.45, 2.75) is 10.1 Å². The zero-order chi connectivity index (χ0) is 23.3. The zero-order valence-electron chi connectivity index (χ0n) is 17.3. The Morgan fingerprint density at radius 3 is 2.66 bits per heavy atom. The lowest BCUT2D eigenvalue weighted by molar-refractivity contribution is -0.131. The molecule has 0 unspecified atom stereocenters. The molecule has 0 bridgehead atoms. The molecule has 168 valence electrons. The highest BCUT2D eigenvalue weighted by Crippen LogP contribution is 2.37. The third kappa shape index (κ3) is 5.03. The summed E-state index contributed by atoms with van der Waals surface area (Å²) in [5.41, 5.74) is 1.28. The van der Waals surface area contributed by atoms with Gasteiger partial charge in [-0.25, -0.2) is 13.2 Å². The first-order chi connectivity index (χ1) is 15.3. The molecule has 0 fully saturated rings. The van der Waals surface area contributed by atoms with Gasteiger partial charge in [-0.05, 0) is 48.2 Å². The number of carboxylic acid groups (broad SMARTS) is 1. The van der Waals surface area contributed by atoms with Crippen molar-refractivity contribution in [2.75, 3.05) is 25.2 Å². The molecule has 1 heterocycles. The number of carboxylic acids is 1. The molecule has 0 radical (unpaired) electrons. The van der Waals surface area contributed by atoms with Crippen molar-refractivity contribution in [1.82, 2.24) is 14.8 Å². The van der Waals surface area contributed by atoms with Gasteiger partial charge in [0.2, 0.25) is 0 Å². The Morgan fingerprint density at radius 2 is 2.00 bits per heavy atom. The molecule has 0 aliphatic heterocycles. The van der Waals surface area contributed by atoms with E-state index in [1.165, 1.54) is 50.5 Å². The normalized spacial score (nSPS) is 11.5. The van der Waals surface area contributed by atoms with Crippen molar-refractivity contribution in [1.29, 1.82) is 0 Å². The predicted molar refractivity (Wildman–Crippen MR) is 120 cm³/mol. The first kappa shape index (κ1) is 23.2. The van der Waals surface area contributed by atoms with Gasteiger partial charge in [0.05, 0.1) is 25.6 Å². The molecule has 0 aliphatic carbocycles. The Labute approximate surface area is 188 Å². The number of hydrogen-bond acceptors (Lipinski definition) is 8. The molecule has 0 spiro atoms. The summed E-state index contributed by atoms with van der Waals surface area (Å²) < 4.78 is 41.3. The quantitative estimate of drug-likeness (QED) is 0.353. The molecule has 0 saturated heterocycles. The third-order valence-corrected chi connectivity index (χ3v) is 6.28. The van der Waals surface area contributed by atoms with Gasteiger partial charge in [0, 0.05) is 6.08 Å². The lowest BCUT2D eigenvalue weighted by Crippen LogP contribution is -2.15. The van der Waals surface area contributed by atoms with Crippen molar-refractivity contribution in [2.24, 2.45) is 0 Å². The number of sulfonamides is 1. The highest BCUT2D eigenvalue weighted by atomic mass is 32.2. The first-order valence-corrected chi connectivity index (χ1v) is 11.7.